The number of hydrogen-bond donors (Lipinski definition) is 2. The second kappa shape index (κ2) is 6.58. The van der Waals surface area contributed by atoms with Gasteiger partial charge in [-0.3, -0.25) is 0 Å². The standard InChI is InChI=1S/C10H7Cl3N2O3/c11-5-1-3-6(4-2-5)14-15-7(10(17)18)8(16)9(12)13/h1-4,9,16H,(H,17,18)/b8-7+,15-14?. The van der Waals surface area contributed by atoms with Gasteiger partial charge in [0, 0.05) is 5.02 Å². The fourth-order valence-corrected chi connectivity index (χ4v) is 1.26. The monoisotopic (exact) mass is 308 g/mol. The highest BCUT2D eigenvalue weighted by atomic mass is 35.5. The Kier molecular flexibility index (Phi) is 5.40. The Labute approximate surface area is 117 Å². The van der Waals surface area contributed by atoms with E-state index < -0.39 is 22.3 Å². The maximum Gasteiger partial charge on any atom is 0.360 e. The minimum atomic E-state index is -1.49. The molecule has 0 saturated carbocycles. The normalized spacial score (nSPS) is 12.9. The average molecular weight is 310 g/mol. The fraction of sp³-hybridized carbons (Fsp3) is 0.100. The molecule has 0 amide bonds. The van der Waals surface area contributed by atoms with E-state index in [9.17, 15) is 9.90 Å². The van der Waals surface area contributed by atoms with E-state index in [1.54, 1.807) is 12.1 Å². The number of carbonyl (C=O) groups is 1. The molecule has 0 aliphatic rings. The Morgan fingerprint density at radius 1 is 1.17 bits per heavy atom. The molecule has 5 nitrogen and oxygen atoms in total. The van der Waals surface area contributed by atoms with Crippen LogP contribution in [0.15, 0.2) is 46.0 Å². The number of hydrogen-bond acceptors (Lipinski definition) is 4. The summed E-state index contributed by atoms with van der Waals surface area (Å²) in [4.78, 5) is 9.42. The molecule has 0 aromatic heterocycles. The molecule has 96 valence electrons. The third kappa shape index (κ3) is 4.18. The molecule has 0 radical (unpaired) electrons. The molecular formula is C10H7Cl3N2O3. The Bertz CT molecular complexity index is 498. The van der Waals surface area contributed by atoms with Crippen molar-refractivity contribution in [2.45, 2.75) is 4.84 Å². The second-order valence-electron chi connectivity index (χ2n) is 3.02. The summed E-state index contributed by atoms with van der Waals surface area (Å²) in [6.07, 6.45) is 0. The number of rotatable bonds is 4. The highest BCUT2D eigenvalue weighted by Gasteiger charge is 2.18. The van der Waals surface area contributed by atoms with Crippen LogP contribution in [0.4, 0.5) is 5.69 Å². The van der Waals surface area contributed by atoms with Crippen LogP contribution in [0.25, 0.3) is 0 Å². The van der Waals surface area contributed by atoms with Gasteiger partial charge in [-0.25, -0.2) is 4.79 Å². The number of carboxylic acids is 1. The minimum Gasteiger partial charge on any atom is -0.507 e. The van der Waals surface area contributed by atoms with Crippen LogP contribution in [-0.4, -0.2) is 21.0 Å². The molecule has 18 heavy (non-hydrogen) atoms. The minimum absolute atomic E-state index is 0.367. The van der Waals surface area contributed by atoms with Crippen molar-refractivity contribution in [1.82, 2.24) is 0 Å². The van der Waals surface area contributed by atoms with Gasteiger partial charge in [-0.1, -0.05) is 34.8 Å². The molecule has 0 spiro atoms. The topological polar surface area (TPSA) is 82.2 Å². The van der Waals surface area contributed by atoms with Crippen molar-refractivity contribution in [3.8, 4) is 0 Å². The van der Waals surface area contributed by atoms with Gasteiger partial charge in [0.1, 0.15) is 0 Å². The van der Waals surface area contributed by atoms with Crippen LogP contribution in [0.2, 0.25) is 5.02 Å². The van der Waals surface area contributed by atoms with E-state index in [-0.39, 0.29) is 0 Å². The molecule has 1 aromatic carbocycles. The molecule has 0 aliphatic carbocycles. The number of azo groups is 1. The van der Waals surface area contributed by atoms with Crippen molar-refractivity contribution in [1.29, 1.82) is 0 Å². The third-order valence-corrected chi connectivity index (χ3v) is 2.41. The summed E-state index contributed by atoms with van der Waals surface area (Å²) in [6.45, 7) is 0. The van der Waals surface area contributed by atoms with Crippen molar-refractivity contribution in [2.24, 2.45) is 10.2 Å². The molecule has 2 N–H and O–H groups in total. The number of carboxylic acid groups (broad SMARTS) is 1. The van der Waals surface area contributed by atoms with Crippen LogP contribution in [-0.2, 0) is 4.79 Å². The van der Waals surface area contributed by atoms with Gasteiger partial charge in [0.15, 0.2) is 10.6 Å². The lowest BCUT2D eigenvalue weighted by Crippen LogP contribution is -2.06. The van der Waals surface area contributed by atoms with Crippen molar-refractivity contribution in [2.75, 3.05) is 0 Å². The first-order valence-corrected chi connectivity index (χ1v) is 5.78. The van der Waals surface area contributed by atoms with Gasteiger partial charge in [-0.15, -0.1) is 5.11 Å². The molecule has 0 bridgehead atoms. The molecule has 1 rings (SSSR count). The lowest BCUT2D eigenvalue weighted by Gasteiger charge is -2.01. The summed E-state index contributed by atoms with van der Waals surface area (Å²) in [5.74, 6) is -2.26. The lowest BCUT2D eigenvalue weighted by molar-refractivity contribution is -0.132. The molecule has 1 aromatic rings. The summed E-state index contributed by atoms with van der Waals surface area (Å²) in [5.41, 5.74) is -0.355. The van der Waals surface area contributed by atoms with Gasteiger partial charge in [0.25, 0.3) is 0 Å². The zero-order valence-electron chi connectivity index (χ0n) is 8.72. The largest absolute Gasteiger partial charge is 0.507 e. The lowest BCUT2D eigenvalue weighted by atomic mass is 10.3. The quantitative estimate of drug-likeness (QED) is 0.380. The van der Waals surface area contributed by atoms with Crippen LogP contribution < -0.4 is 0 Å². The summed E-state index contributed by atoms with van der Waals surface area (Å²) in [5, 5.41) is 25.7. The number of alkyl halides is 2. The number of halogens is 3. The van der Waals surface area contributed by atoms with Gasteiger partial charge in [-0.2, -0.15) is 5.11 Å². The molecule has 0 aliphatic heterocycles. The maximum absolute atomic E-state index is 10.8. The number of nitrogens with zero attached hydrogens (tertiary/aromatic N) is 2. The highest BCUT2D eigenvalue weighted by molar-refractivity contribution is 6.46. The fourth-order valence-electron chi connectivity index (χ4n) is 0.922. The first-order chi connectivity index (χ1) is 8.41. The highest BCUT2D eigenvalue weighted by Crippen LogP contribution is 2.21. The van der Waals surface area contributed by atoms with E-state index in [1.807, 2.05) is 0 Å². The summed E-state index contributed by atoms with van der Waals surface area (Å²) in [7, 11) is 0. The third-order valence-electron chi connectivity index (χ3n) is 1.74. The molecule has 0 heterocycles. The Morgan fingerprint density at radius 3 is 2.17 bits per heavy atom. The summed E-state index contributed by atoms with van der Waals surface area (Å²) in [6, 6.07) is 6.18. The van der Waals surface area contributed by atoms with Crippen LogP contribution >= 0.6 is 34.8 Å². The average Bonchev–Trinajstić information content (AvgIpc) is 2.31. The molecule has 0 fully saturated rings. The summed E-state index contributed by atoms with van der Waals surface area (Å²) >= 11 is 16.4. The second-order valence-corrected chi connectivity index (χ2v) is 4.55. The van der Waals surface area contributed by atoms with Crippen molar-refractivity contribution in [3.05, 3.63) is 40.7 Å². The first kappa shape index (κ1) is 14.8. The molecular weight excluding hydrogens is 302 g/mol. The van der Waals surface area contributed by atoms with Gasteiger partial charge >= 0.3 is 5.97 Å². The van der Waals surface area contributed by atoms with Gasteiger partial charge in [-0.05, 0) is 24.3 Å². The van der Waals surface area contributed by atoms with E-state index in [1.165, 1.54) is 12.1 Å². The predicted octanol–water partition coefficient (Wildman–Crippen LogP) is 4.08. The molecule has 8 heteroatoms. The number of benzene rings is 1. The number of aliphatic carboxylic acids is 1. The van der Waals surface area contributed by atoms with E-state index in [4.69, 9.17) is 39.9 Å². The maximum atomic E-state index is 10.8. The zero-order valence-corrected chi connectivity index (χ0v) is 11.0. The van der Waals surface area contributed by atoms with E-state index in [0.29, 0.717) is 10.7 Å². The van der Waals surface area contributed by atoms with Crippen LogP contribution in [0.1, 0.15) is 0 Å². The van der Waals surface area contributed by atoms with Gasteiger partial charge in [0.2, 0.25) is 5.70 Å². The Balaban J connectivity index is 3.02. The van der Waals surface area contributed by atoms with Crippen LogP contribution in [0, 0.1) is 0 Å². The van der Waals surface area contributed by atoms with Crippen molar-refractivity contribution in [3.63, 3.8) is 0 Å². The van der Waals surface area contributed by atoms with E-state index >= 15 is 0 Å². The van der Waals surface area contributed by atoms with Crippen LogP contribution in [0.5, 0.6) is 0 Å². The molecule has 0 atom stereocenters. The zero-order chi connectivity index (χ0) is 13.7. The smallest absolute Gasteiger partial charge is 0.360 e. The molecule has 0 unspecified atom stereocenters. The molecule has 0 saturated heterocycles. The van der Waals surface area contributed by atoms with E-state index in [2.05, 4.69) is 10.2 Å². The number of aliphatic hydroxyl groups is 1. The Hall–Kier alpha value is -1.30. The Morgan fingerprint density at radius 2 is 1.72 bits per heavy atom. The first-order valence-electron chi connectivity index (χ1n) is 4.53. The number of allylic oxidation sites excluding steroid dienone is 1. The predicted molar refractivity (Wildman–Crippen MR) is 68.8 cm³/mol. The van der Waals surface area contributed by atoms with E-state index in [0.717, 1.165) is 0 Å². The van der Waals surface area contributed by atoms with Gasteiger partial charge < -0.3 is 10.2 Å². The van der Waals surface area contributed by atoms with Crippen LogP contribution in [0.3, 0.4) is 0 Å². The number of aliphatic hydroxyl groups excluding tert-OH is 1. The SMILES string of the molecule is O=C(O)/C(N=Nc1ccc(Cl)cc1)=C(\O)C(Cl)Cl. The van der Waals surface area contributed by atoms with Crippen molar-refractivity contribution < 1.29 is 15.0 Å². The van der Waals surface area contributed by atoms with Crippen molar-refractivity contribution >= 4 is 46.5 Å². The van der Waals surface area contributed by atoms with Gasteiger partial charge in [0.05, 0.1) is 5.69 Å². The summed E-state index contributed by atoms with van der Waals surface area (Å²) < 4.78 is 0.